The Morgan fingerprint density at radius 1 is 0.972 bits per heavy atom. The maximum atomic E-state index is 14.2. The molecule has 2 unspecified atom stereocenters. The molecule has 0 spiro atoms. The molecule has 36 heavy (non-hydrogen) atoms. The standard InChI is InChI=1S/C31H45FN4/c1-4-30-21(3)31(36(5-2)33-30)23-9-11-34(12-10-23)18-27-19-35(17-22-13-25-15-26(25)14-22)20-29(27)24-7-6-8-28(32)16-24/h6-8,16,22-23,25-27,29H,4-5,9-15,17-20H2,1-3H3/t22?,25?,26?,27-,29+/m0/s1. The van der Waals surface area contributed by atoms with Crippen LogP contribution in [0, 0.1) is 36.4 Å². The molecular formula is C31H45FN4. The third-order valence-electron chi connectivity index (χ3n) is 10.1. The number of nitrogens with zero attached hydrogens (tertiary/aromatic N) is 4. The molecule has 5 heteroatoms. The quantitative estimate of drug-likeness (QED) is 0.462. The fraction of sp³-hybridized carbons (Fsp3) is 0.710. The van der Waals surface area contributed by atoms with Crippen LogP contribution in [0.5, 0.6) is 0 Å². The van der Waals surface area contributed by atoms with Gasteiger partial charge in [-0.25, -0.2) is 4.39 Å². The Kier molecular flexibility index (Phi) is 6.98. The lowest BCUT2D eigenvalue weighted by atomic mass is 9.86. The lowest BCUT2D eigenvalue weighted by Crippen LogP contribution is -2.39. The first kappa shape index (κ1) is 24.6. The number of halogens is 1. The first-order valence-corrected chi connectivity index (χ1v) is 14.8. The third-order valence-corrected chi connectivity index (χ3v) is 10.1. The van der Waals surface area contributed by atoms with Crippen molar-refractivity contribution in [3.05, 3.63) is 52.6 Å². The Balaban J connectivity index is 1.11. The van der Waals surface area contributed by atoms with E-state index in [1.54, 1.807) is 12.1 Å². The lowest BCUT2D eigenvalue weighted by Gasteiger charge is -2.35. The van der Waals surface area contributed by atoms with Crippen molar-refractivity contribution in [1.82, 2.24) is 19.6 Å². The van der Waals surface area contributed by atoms with Gasteiger partial charge in [-0.3, -0.25) is 4.68 Å². The molecule has 2 aliphatic heterocycles. The molecule has 1 aromatic carbocycles. The van der Waals surface area contributed by atoms with Crippen molar-refractivity contribution >= 4 is 0 Å². The zero-order valence-corrected chi connectivity index (χ0v) is 22.6. The predicted molar refractivity (Wildman–Crippen MR) is 144 cm³/mol. The molecule has 2 aliphatic carbocycles. The molecule has 3 heterocycles. The van der Waals surface area contributed by atoms with E-state index < -0.39 is 0 Å². The Hall–Kier alpha value is -1.72. The van der Waals surface area contributed by atoms with Crippen LogP contribution in [0.2, 0.25) is 0 Å². The number of piperidine rings is 1. The van der Waals surface area contributed by atoms with Crippen LogP contribution in [0.25, 0.3) is 0 Å². The molecule has 2 saturated heterocycles. The van der Waals surface area contributed by atoms with Crippen molar-refractivity contribution in [2.75, 3.05) is 39.3 Å². The number of hydrogen-bond acceptors (Lipinski definition) is 3. The van der Waals surface area contributed by atoms with Gasteiger partial charge in [-0.15, -0.1) is 0 Å². The minimum absolute atomic E-state index is 0.0873. The molecule has 6 rings (SSSR count). The number of benzene rings is 1. The normalized spacial score (nSPS) is 31.3. The van der Waals surface area contributed by atoms with E-state index in [2.05, 4.69) is 41.3 Å². The molecule has 4 fully saturated rings. The Labute approximate surface area is 217 Å². The number of rotatable bonds is 8. The summed E-state index contributed by atoms with van der Waals surface area (Å²) in [5.41, 5.74) is 5.41. The number of aromatic nitrogens is 2. The second-order valence-electron chi connectivity index (χ2n) is 12.4. The fourth-order valence-electron chi connectivity index (χ4n) is 8.19. The molecule has 4 atom stereocenters. The van der Waals surface area contributed by atoms with Gasteiger partial charge < -0.3 is 9.80 Å². The summed E-state index contributed by atoms with van der Waals surface area (Å²) in [5.74, 6) is 4.58. The average molecular weight is 493 g/mol. The number of likely N-dealkylation sites (tertiary alicyclic amines) is 2. The maximum Gasteiger partial charge on any atom is 0.123 e. The van der Waals surface area contributed by atoms with Gasteiger partial charge in [-0.05, 0) is 112 Å². The van der Waals surface area contributed by atoms with Gasteiger partial charge in [0.2, 0.25) is 0 Å². The summed E-state index contributed by atoms with van der Waals surface area (Å²) in [6, 6.07) is 7.47. The molecule has 0 N–H and O–H groups in total. The van der Waals surface area contributed by atoms with Gasteiger partial charge in [-0.2, -0.15) is 5.10 Å². The highest BCUT2D eigenvalue weighted by molar-refractivity contribution is 5.29. The molecule has 196 valence electrons. The minimum Gasteiger partial charge on any atom is -0.303 e. The van der Waals surface area contributed by atoms with E-state index in [9.17, 15) is 4.39 Å². The van der Waals surface area contributed by atoms with Crippen LogP contribution in [-0.4, -0.2) is 58.8 Å². The summed E-state index contributed by atoms with van der Waals surface area (Å²) >= 11 is 0. The number of aryl methyl sites for hydroxylation is 2. The summed E-state index contributed by atoms with van der Waals surface area (Å²) in [5, 5.41) is 4.90. The van der Waals surface area contributed by atoms with E-state index >= 15 is 0 Å². The van der Waals surface area contributed by atoms with Crippen molar-refractivity contribution in [3.8, 4) is 0 Å². The molecule has 2 saturated carbocycles. The highest BCUT2D eigenvalue weighted by Crippen LogP contribution is 2.54. The van der Waals surface area contributed by atoms with Crippen molar-refractivity contribution < 1.29 is 4.39 Å². The topological polar surface area (TPSA) is 24.3 Å². The molecular weight excluding hydrogens is 447 g/mol. The van der Waals surface area contributed by atoms with Crippen LogP contribution in [0.4, 0.5) is 4.39 Å². The Morgan fingerprint density at radius 3 is 2.44 bits per heavy atom. The Bertz CT molecular complexity index is 1040. The van der Waals surface area contributed by atoms with E-state index in [-0.39, 0.29) is 5.82 Å². The van der Waals surface area contributed by atoms with E-state index in [1.807, 2.05) is 6.07 Å². The van der Waals surface area contributed by atoms with Crippen LogP contribution in [0.15, 0.2) is 24.3 Å². The summed E-state index contributed by atoms with van der Waals surface area (Å²) in [6.45, 7) is 14.7. The molecule has 4 aliphatic rings. The summed E-state index contributed by atoms with van der Waals surface area (Å²) < 4.78 is 16.4. The van der Waals surface area contributed by atoms with Crippen LogP contribution in [-0.2, 0) is 13.0 Å². The van der Waals surface area contributed by atoms with E-state index in [0.29, 0.717) is 17.8 Å². The zero-order valence-electron chi connectivity index (χ0n) is 22.6. The number of fused-ring (bicyclic) bond motifs is 1. The third kappa shape index (κ3) is 4.90. The van der Waals surface area contributed by atoms with Crippen molar-refractivity contribution in [1.29, 1.82) is 0 Å². The summed E-state index contributed by atoms with van der Waals surface area (Å²) in [7, 11) is 0. The first-order valence-electron chi connectivity index (χ1n) is 14.8. The average Bonchev–Trinajstić information content (AvgIpc) is 3.17. The van der Waals surface area contributed by atoms with Crippen molar-refractivity contribution in [2.24, 2.45) is 23.7 Å². The van der Waals surface area contributed by atoms with Gasteiger partial charge in [0.1, 0.15) is 5.82 Å². The van der Waals surface area contributed by atoms with Gasteiger partial charge >= 0.3 is 0 Å². The second kappa shape index (κ2) is 10.2. The van der Waals surface area contributed by atoms with Crippen LogP contribution in [0.3, 0.4) is 0 Å². The molecule has 4 nitrogen and oxygen atoms in total. The largest absolute Gasteiger partial charge is 0.303 e. The van der Waals surface area contributed by atoms with Gasteiger partial charge in [0.25, 0.3) is 0 Å². The van der Waals surface area contributed by atoms with Crippen LogP contribution in [0.1, 0.15) is 80.3 Å². The molecule has 0 radical (unpaired) electrons. The van der Waals surface area contributed by atoms with Gasteiger partial charge in [-0.1, -0.05) is 19.1 Å². The van der Waals surface area contributed by atoms with Gasteiger partial charge in [0, 0.05) is 50.3 Å². The lowest BCUT2D eigenvalue weighted by molar-refractivity contribution is 0.172. The molecule has 2 aromatic rings. The van der Waals surface area contributed by atoms with Crippen molar-refractivity contribution in [2.45, 2.75) is 77.7 Å². The van der Waals surface area contributed by atoms with Gasteiger partial charge in [0.05, 0.1) is 5.69 Å². The van der Waals surface area contributed by atoms with Gasteiger partial charge in [0.15, 0.2) is 0 Å². The minimum atomic E-state index is -0.0873. The molecule has 0 bridgehead atoms. The Morgan fingerprint density at radius 2 is 1.75 bits per heavy atom. The van der Waals surface area contributed by atoms with Crippen LogP contribution >= 0.6 is 0 Å². The molecule has 0 amide bonds. The highest BCUT2D eigenvalue weighted by Gasteiger charge is 2.47. The predicted octanol–water partition coefficient (Wildman–Crippen LogP) is 5.85. The maximum absolute atomic E-state index is 14.2. The van der Waals surface area contributed by atoms with E-state index in [4.69, 9.17) is 5.10 Å². The second-order valence-corrected chi connectivity index (χ2v) is 12.4. The SMILES string of the molecule is CCc1nn(CC)c(C2CCN(C[C@H]3CN(CC4CC5CC5C4)C[C@@H]3c3cccc(F)c3)CC2)c1C. The zero-order chi connectivity index (χ0) is 24.8. The van der Waals surface area contributed by atoms with E-state index in [1.165, 1.54) is 80.8 Å². The monoisotopic (exact) mass is 492 g/mol. The summed E-state index contributed by atoms with van der Waals surface area (Å²) in [6.07, 6.45) is 7.88. The van der Waals surface area contributed by atoms with Crippen LogP contribution < -0.4 is 0 Å². The summed E-state index contributed by atoms with van der Waals surface area (Å²) in [4.78, 5) is 5.45. The fourth-order valence-corrected chi connectivity index (χ4v) is 8.19. The van der Waals surface area contributed by atoms with Crippen molar-refractivity contribution in [3.63, 3.8) is 0 Å². The number of hydrogen-bond donors (Lipinski definition) is 0. The highest BCUT2D eigenvalue weighted by atomic mass is 19.1. The smallest absolute Gasteiger partial charge is 0.123 e. The first-order chi connectivity index (χ1) is 17.5. The van der Waals surface area contributed by atoms with E-state index in [0.717, 1.165) is 43.8 Å². The molecule has 1 aromatic heterocycles.